The van der Waals surface area contributed by atoms with Crippen molar-refractivity contribution in [2.45, 2.75) is 51.7 Å². The van der Waals surface area contributed by atoms with Crippen LogP contribution in [-0.2, 0) is 0 Å². The molecular formula is C12H23NO. The average Bonchev–Trinajstić information content (AvgIpc) is 2.34. The number of likely N-dealkylation sites (tertiary alicyclic amines) is 1. The van der Waals surface area contributed by atoms with Crippen LogP contribution in [0.5, 0.6) is 0 Å². The molecular weight excluding hydrogens is 174 g/mol. The van der Waals surface area contributed by atoms with E-state index in [1.807, 2.05) is 0 Å². The van der Waals surface area contributed by atoms with E-state index < -0.39 is 0 Å². The summed E-state index contributed by atoms with van der Waals surface area (Å²) in [6.45, 7) is 7.01. The zero-order valence-electron chi connectivity index (χ0n) is 9.45. The van der Waals surface area contributed by atoms with E-state index in [4.69, 9.17) is 0 Å². The first-order valence-corrected chi connectivity index (χ1v) is 6.07. The number of rotatable bonds is 1. The van der Waals surface area contributed by atoms with Gasteiger partial charge in [-0.2, -0.15) is 0 Å². The lowest BCUT2D eigenvalue weighted by atomic mass is 9.96. The van der Waals surface area contributed by atoms with Gasteiger partial charge >= 0.3 is 0 Å². The third-order valence-corrected chi connectivity index (χ3v) is 3.91. The summed E-state index contributed by atoms with van der Waals surface area (Å²) in [5.41, 5.74) is 0. The van der Waals surface area contributed by atoms with Crippen LogP contribution in [0, 0.1) is 11.8 Å². The largest absolute Gasteiger partial charge is 0.393 e. The molecule has 0 aromatic rings. The van der Waals surface area contributed by atoms with Gasteiger partial charge in [-0.3, -0.25) is 0 Å². The van der Waals surface area contributed by atoms with Gasteiger partial charge in [0.1, 0.15) is 0 Å². The van der Waals surface area contributed by atoms with Crippen molar-refractivity contribution in [3.63, 3.8) is 0 Å². The molecule has 2 fully saturated rings. The van der Waals surface area contributed by atoms with Gasteiger partial charge in [-0.1, -0.05) is 0 Å². The molecule has 2 nitrogen and oxygen atoms in total. The zero-order chi connectivity index (χ0) is 10.1. The molecule has 0 aromatic carbocycles. The highest BCUT2D eigenvalue weighted by Gasteiger charge is 2.31. The Labute approximate surface area is 87.3 Å². The van der Waals surface area contributed by atoms with Crippen LogP contribution >= 0.6 is 0 Å². The summed E-state index contributed by atoms with van der Waals surface area (Å²) < 4.78 is 0. The molecule has 2 aliphatic rings. The first-order chi connectivity index (χ1) is 6.65. The highest BCUT2D eigenvalue weighted by molar-refractivity contribution is 4.84. The van der Waals surface area contributed by atoms with Crippen LogP contribution < -0.4 is 0 Å². The SMILES string of the molecule is CC(C)N1CC2CCC(CC(O)C2)C1. The molecule has 1 aliphatic carbocycles. The van der Waals surface area contributed by atoms with Crippen LogP contribution in [0.2, 0.25) is 0 Å². The maximum absolute atomic E-state index is 9.80. The molecule has 82 valence electrons. The average molecular weight is 197 g/mol. The highest BCUT2D eigenvalue weighted by Crippen LogP contribution is 2.33. The molecule has 1 heterocycles. The molecule has 0 spiro atoms. The summed E-state index contributed by atoms with van der Waals surface area (Å²) in [7, 11) is 0. The Morgan fingerprint density at radius 2 is 1.57 bits per heavy atom. The van der Waals surface area contributed by atoms with Gasteiger partial charge in [0.2, 0.25) is 0 Å². The molecule has 2 unspecified atom stereocenters. The Bertz CT molecular complexity index is 177. The van der Waals surface area contributed by atoms with Gasteiger partial charge in [0.15, 0.2) is 0 Å². The Morgan fingerprint density at radius 3 is 2.00 bits per heavy atom. The summed E-state index contributed by atoms with van der Waals surface area (Å²) in [5.74, 6) is 1.50. The van der Waals surface area contributed by atoms with Crippen molar-refractivity contribution < 1.29 is 5.11 Å². The number of aliphatic hydroxyl groups excluding tert-OH is 1. The van der Waals surface area contributed by atoms with Crippen LogP contribution in [0.3, 0.4) is 0 Å². The van der Waals surface area contributed by atoms with Gasteiger partial charge in [-0.15, -0.1) is 0 Å². The van der Waals surface area contributed by atoms with E-state index in [9.17, 15) is 5.11 Å². The van der Waals surface area contributed by atoms with E-state index in [2.05, 4.69) is 18.7 Å². The van der Waals surface area contributed by atoms with Crippen molar-refractivity contribution in [1.29, 1.82) is 0 Å². The second kappa shape index (κ2) is 4.19. The molecule has 1 aliphatic heterocycles. The van der Waals surface area contributed by atoms with Crippen molar-refractivity contribution in [2.75, 3.05) is 13.1 Å². The van der Waals surface area contributed by atoms with Crippen LogP contribution in [-0.4, -0.2) is 35.2 Å². The lowest BCUT2D eigenvalue weighted by molar-refractivity contribution is 0.0769. The van der Waals surface area contributed by atoms with Gasteiger partial charge in [-0.25, -0.2) is 0 Å². The van der Waals surface area contributed by atoms with E-state index in [1.54, 1.807) is 0 Å². The summed E-state index contributed by atoms with van der Waals surface area (Å²) in [4.78, 5) is 2.61. The summed E-state index contributed by atoms with van der Waals surface area (Å²) in [6.07, 6.45) is 4.75. The molecule has 1 saturated heterocycles. The highest BCUT2D eigenvalue weighted by atomic mass is 16.3. The van der Waals surface area contributed by atoms with Gasteiger partial charge in [0, 0.05) is 19.1 Å². The summed E-state index contributed by atoms with van der Waals surface area (Å²) >= 11 is 0. The zero-order valence-corrected chi connectivity index (χ0v) is 9.45. The Kier molecular flexibility index (Phi) is 3.13. The lowest BCUT2D eigenvalue weighted by Crippen LogP contribution is -2.39. The molecule has 2 bridgehead atoms. The van der Waals surface area contributed by atoms with Crippen molar-refractivity contribution in [1.82, 2.24) is 4.90 Å². The van der Waals surface area contributed by atoms with Gasteiger partial charge in [0.05, 0.1) is 6.10 Å². The predicted octanol–water partition coefficient (Wildman–Crippen LogP) is 1.88. The molecule has 14 heavy (non-hydrogen) atoms. The second-order valence-electron chi connectivity index (χ2n) is 5.48. The molecule has 2 atom stereocenters. The van der Waals surface area contributed by atoms with Gasteiger partial charge in [-0.05, 0) is 51.4 Å². The molecule has 0 radical (unpaired) electrons. The van der Waals surface area contributed by atoms with Crippen molar-refractivity contribution in [2.24, 2.45) is 11.8 Å². The Hall–Kier alpha value is -0.0800. The van der Waals surface area contributed by atoms with Crippen molar-refractivity contribution in [3.05, 3.63) is 0 Å². The maximum atomic E-state index is 9.80. The Balaban J connectivity index is 2.05. The smallest absolute Gasteiger partial charge is 0.0546 e. The van der Waals surface area contributed by atoms with E-state index in [0.717, 1.165) is 24.7 Å². The maximum Gasteiger partial charge on any atom is 0.0546 e. The summed E-state index contributed by atoms with van der Waals surface area (Å²) in [6, 6.07) is 0.674. The monoisotopic (exact) mass is 197 g/mol. The number of fused-ring (bicyclic) bond motifs is 3. The van der Waals surface area contributed by atoms with Crippen molar-refractivity contribution >= 4 is 0 Å². The summed E-state index contributed by atoms with van der Waals surface area (Å²) in [5, 5.41) is 9.80. The third kappa shape index (κ3) is 2.29. The first-order valence-electron chi connectivity index (χ1n) is 6.07. The molecule has 1 saturated carbocycles. The number of aliphatic hydroxyl groups is 1. The number of nitrogens with zero attached hydrogens (tertiary/aromatic N) is 1. The quantitative estimate of drug-likeness (QED) is 0.694. The minimum absolute atomic E-state index is 0.0122. The minimum atomic E-state index is -0.0122. The minimum Gasteiger partial charge on any atom is -0.393 e. The topological polar surface area (TPSA) is 23.5 Å². The van der Waals surface area contributed by atoms with Gasteiger partial charge in [0.25, 0.3) is 0 Å². The molecule has 0 amide bonds. The van der Waals surface area contributed by atoms with E-state index in [-0.39, 0.29) is 6.10 Å². The predicted molar refractivity (Wildman–Crippen MR) is 58.2 cm³/mol. The van der Waals surface area contributed by atoms with E-state index in [1.165, 1.54) is 25.9 Å². The van der Waals surface area contributed by atoms with Crippen LogP contribution in [0.4, 0.5) is 0 Å². The molecule has 2 rings (SSSR count). The second-order valence-corrected chi connectivity index (χ2v) is 5.48. The van der Waals surface area contributed by atoms with Crippen LogP contribution in [0.1, 0.15) is 39.5 Å². The van der Waals surface area contributed by atoms with Crippen LogP contribution in [0.25, 0.3) is 0 Å². The molecule has 2 heteroatoms. The van der Waals surface area contributed by atoms with E-state index in [0.29, 0.717) is 6.04 Å². The fourth-order valence-electron chi connectivity index (χ4n) is 3.06. The first kappa shape index (κ1) is 10.4. The fourth-order valence-corrected chi connectivity index (χ4v) is 3.06. The van der Waals surface area contributed by atoms with Crippen molar-refractivity contribution in [3.8, 4) is 0 Å². The van der Waals surface area contributed by atoms with Crippen LogP contribution in [0.15, 0.2) is 0 Å². The number of hydrogen-bond acceptors (Lipinski definition) is 2. The number of hydrogen-bond donors (Lipinski definition) is 1. The van der Waals surface area contributed by atoms with Gasteiger partial charge < -0.3 is 10.0 Å². The van der Waals surface area contributed by atoms with E-state index >= 15 is 0 Å². The fraction of sp³-hybridized carbons (Fsp3) is 1.00. The third-order valence-electron chi connectivity index (χ3n) is 3.91. The normalized spacial score (nSPS) is 39.9. The lowest BCUT2D eigenvalue weighted by Gasteiger charge is -2.33. The molecule has 1 N–H and O–H groups in total. The molecule has 0 aromatic heterocycles. The standard InChI is InChI=1S/C12H23NO/c1-9(2)13-7-10-3-4-11(8-13)6-12(14)5-10/h9-12,14H,3-8H2,1-2H3. The Morgan fingerprint density at radius 1 is 1.07 bits per heavy atom.